The molecular formula is C16H18N2O6S. The van der Waals surface area contributed by atoms with Crippen molar-refractivity contribution in [2.45, 2.75) is 18.7 Å². The first-order valence-electron chi connectivity index (χ1n) is 7.40. The molecular weight excluding hydrogens is 348 g/mol. The second-order valence-electron chi connectivity index (χ2n) is 5.69. The van der Waals surface area contributed by atoms with Crippen molar-refractivity contribution >= 4 is 21.5 Å². The highest BCUT2D eigenvalue weighted by Gasteiger charge is 2.22. The highest BCUT2D eigenvalue weighted by molar-refractivity contribution is 7.87. The van der Waals surface area contributed by atoms with Crippen LogP contribution in [0, 0.1) is 16.0 Å². The molecule has 9 heteroatoms. The molecule has 134 valence electrons. The van der Waals surface area contributed by atoms with E-state index in [0.717, 1.165) is 18.2 Å². The van der Waals surface area contributed by atoms with Gasteiger partial charge in [0.2, 0.25) is 0 Å². The standard InChI is InChI=1S/C16H18N2O6S/c1-11(2)10-23-12-3-5-13(6-4-12)24-25(21,22)14-7-8-15(17)16(9-14)18(19)20/h3-9,11H,10,17H2,1-2H3. The summed E-state index contributed by atoms with van der Waals surface area (Å²) in [6, 6.07) is 9.22. The number of anilines is 1. The summed E-state index contributed by atoms with van der Waals surface area (Å²) in [7, 11) is -4.23. The average Bonchev–Trinajstić information content (AvgIpc) is 2.53. The summed E-state index contributed by atoms with van der Waals surface area (Å²) >= 11 is 0. The maximum absolute atomic E-state index is 12.3. The molecule has 0 saturated heterocycles. The Morgan fingerprint density at radius 3 is 2.28 bits per heavy atom. The molecule has 2 rings (SSSR count). The number of nitrogens with zero attached hydrogens (tertiary/aromatic N) is 1. The molecule has 0 aromatic heterocycles. The van der Waals surface area contributed by atoms with Gasteiger partial charge in [-0.2, -0.15) is 8.42 Å². The first-order valence-corrected chi connectivity index (χ1v) is 8.81. The van der Waals surface area contributed by atoms with Crippen molar-refractivity contribution in [2.24, 2.45) is 5.92 Å². The highest BCUT2D eigenvalue weighted by Crippen LogP contribution is 2.27. The molecule has 0 heterocycles. The van der Waals surface area contributed by atoms with Gasteiger partial charge in [0.25, 0.3) is 5.69 Å². The monoisotopic (exact) mass is 366 g/mol. The van der Waals surface area contributed by atoms with E-state index in [0.29, 0.717) is 18.3 Å². The van der Waals surface area contributed by atoms with E-state index in [2.05, 4.69) is 0 Å². The first kappa shape index (κ1) is 18.5. The SMILES string of the molecule is CC(C)COc1ccc(OS(=O)(=O)c2ccc(N)c([N+](=O)[O-])c2)cc1. The molecule has 0 spiro atoms. The predicted molar refractivity (Wildman–Crippen MR) is 92.1 cm³/mol. The van der Waals surface area contributed by atoms with Crippen LogP contribution in [0.4, 0.5) is 11.4 Å². The van der Waals surface area contributed by atoms with Crippen molar-refractivity contribution in [1.82, 2.24) is 0 Å². The van der Waals surface area contributed by atoms with Crippen LogP contribution in [0.2, 0.25) is 0 Å². The van der Waals surface area contributed by atoms with E-state index in [9.17, 15) is 18.5 Å². The second-order valence-corrected chi connectivity index (χ2v) is 7.24. The fourth-order valence-corrected chi connectivity index (χ4v) is 2.82. The number of ether oxygens (including phenoxy) is 1. The van der Waals surface area contributed by atoms with Gasteiger partial charge in [-0.15, -0.1) is 0 Å². The van der Waals surface area contributed by atoms with Gasteiger partial charge in [0.1, 0.15) is 22.1 Å². The van der Waals surface area contributed by atoms with Crippen molar-refractivity contribution in [2.75, 3.05) is 12.3 Å². The summed E-state index contributed by atoms with van der Waals surface area (Å²) in [5, 5.41) is 10.9. The Labute approximate surface area is 145 Å². The Hall–Kier alpha value is -2.81. The van der Waals surface area contributed by atoms with Gasteiger partial charge in [-0.05, 0) is 42.3 Å². The highest BCUT2D eigenvalue weighted by atomic mass is 32.2. The molecule has 0 atom stereocenters. The zero-order valence-corrected chi connectivity index (χ0v) is 14.5. The zero-order chi connectivity index (χ0) is 18.6. The van der Waals surface area contributed by atoms with Gasteiger partial charge in [-0.1, -0.05) is 13.8 Å². The third-order valence-electron chi connectivity index (χ3n) is 3.10. The van der Waals surface area contributed by atoms with E-state index in [4.69, 9.17) is 14.7 Å². The number of nitro groups is 1. The number of benzene rings is 2. The maximum Gasteiger partial charge on any atom is 0.339 e. The van der Waals surface area contributed by atoms with Crippen LogP contribution < -0.4 is 14.7 Å². The molecule has 2 aromatic rings. The molecule has 0 saturated carbocycles. The largest absolute Gasteiger partial charge is 0.493 e. The predicted octanol–water partition coefficient (Wildman–Crippen LogP) is 2.98. The van der Waals surface area contributed by atoms with E-state index in [1.807, 2.05) is 13.8 Å². The summed E-state index contributed by atoms with van der Waals surface area (Å²) < 4.78 is 35.0. The Morgan fingerprint density at radius 2 is 1.72 bits per heavy atom. The van der Waals surface area contributed by atoms with Crippen molar-refractivity contribution in [1.29, 1.82) is 0 Å². The van der Waals surface area contributed by atoms with Crippen LogP contribution in [0.15, 0.2) is 47.4 Å². The van der Waals surface area contributed by atoms with Crippen LogP contribution in [-0.4, -0.2) is 19.9 Å². The van der Waals surface area contributed by atoms with Crippen molar-refractivity contribution in [3.05, 3.63) is 52.6 Å². The lowest BCUT2D eigenvalue weighted by Gasteiger charge is -2.10. The number of rotatable bonds is 7. The quantitative estimate of drug-likeness (QED) is 0.346. The molecule has 0 unspecified atom stereocenters. The summed E-state index contributed by atoms with van der Waals surface area (Å²) in [5.74, 6) is 1.01. The van der Waals surface area contributed by atoms with Crippen molar-refractivity contribution in [3.8, 4) is 11.5 Å². The van der Waals surface area contributed by atoms with Gasteiger partial charge in [-0.25, -0.2) is 0 Å². The summed E-state index contributed by atoms with van der Waals surface area (Å²) in [4.78, 5) is 9.77. The Balaban J connectivity index is 2.18. The third kappa shape index (κ3) is 4.83. The third-order valence-corrected chi connectivity index (χ3v) is 4.34. The number of hydrogen-bond donors (Lipinski definition) is 1. The fourth-order valence-electron chi connectivity index (χ4n) is 1.87. The lowest BCUT2D eigenvalue weighted by Crippen LogP contribution is -2.10. The summed E-state index contributed by atoms with van der Waals surface area (Å²) in [6.07, 6.45) is 0. The topological polar surface area (TPSA) is 122 Å². The number of nitrogen functional groups attached to an aromatic ring is 1. The Bertz CT molecular complexity index is 863. The molecule has 8 nitrogen and oxygen atoms in total. The molecule has 0 aliphatic carbocycles. The molecule has 0 amide bonds. The van der Waals surface area contributed by atoms with Crippen LogP contribution in [0.1, 0.15) is 13.8 Å². The lowest BCUT2D eigenvalue weighted by atomic mass is 10.2. The number of nitro benzene ring substituents is 1. The van der Waals surface area contributed by atoms with E-state index in [-0.39, 0.29) is 16.3 Å². The van der Waals surface area contributed by atoms with Crippen molar-refractivity contribution < 1.29 is 22.3 Å². The molecule has 0 aliphatic heterocycles. The molecule has 0 bridgehead atoms. The number of nitrogens with two attached hydrogens (primary N) is 1. The van der Waals surface area contributed by atoms with E-state index < -0.39 is 20.7 Å². The van der Waals surface area contributed by atoms with Crippen LogP contribution in [0.3, 0.4) is 0 Å². The minimum atomic E-state index is -4.23. The molecule has 2 aromatic carbocycles. The van der Waals surface area contributed by atoms with Crippen molar-refractivity contribution in [3.63, 3.8) is 0 Å². The van der Waals surface area contributed by atoms with Crippen LogP contribution >= 0.6 is 0 Å². The zero-order valence-electron chi connectivity index (χ0n) is 13.7. The van der Waals surface area contributed by atoms with Crippen LogP contribution in [0.5, 0.6) is 11.5 Å². The number of hydrogen-bond acceptors (Lipinski definition) is 7. The van der Waals surface area contributed by atoms with Gasteiger partial charge in [0.15, 0.2) is 0 Å². The Kier molecular flexibility index (Phi) is 5.48. The minimum absolute atomic E-state index is 0.0661. The molecule has 2 N–H and O–H groups in total. The smallest absolute Gasteiger partial charge is 0.339 e. The minimum Gasteiger partial charge on any atom is -0.493 e. The molecule has 0 aliphatic rings. The van der Waals surface area contributed by atoms with Gasteiger partial charge < -0.3 is 14.7 Å². The van der Waals surface area contributed by atoms with Crippen LogP contribution in [-0.2, 0) is 10.1 Å². The fraction of sp³-hybridized carbons (Fsp3) is 0.250. The van der Waals surface area contributed by atoms with Crippen LogP contribution in [0.25, 0.3) is 0 Å². The molecule has 25 heavy (non-hydrogen) atoms. The van der Waals surface area contributed by atoms with Gasteiger partial charge in [-0.3, -0.25) is 10.1 Å². The second kappa shape index (κ2) is 7.39. The maximum atomic E-state index is 12.3. The van der Waals surface area contributed by atoms with Gasteiger partial charge in [0.05, 0.1) is 11.5 Å². The molecule has 0 fully saturated rings. The van der Waals surface area contributed by atoms with E-state index in [1.165, 1.54) is 12.1 Å². The molecule has 0 radical (unpaired) electrons. The normalized spacial score (nSPS) is 11.3. The van der Waals surface area contributed by atoms with E-state index in [1.54, 1.807) is 12.1 Å². The Morgan fingerprint density at radius 1 is 1.12 bits per heavy atom. The average molecular weight is 366 g/mol. The van der Waals surface area contributed by atoms with Gasteiger partial charge in [0, 0.05) is 6.07 Å². The lowest BCUT2D eigenvalue weighted by molar-refractivity contribution is -0.384. The van der Waals surface area contributed by atoms with E-state index >= 15 is 0 Å². The summed E-state index contributed by atoms with van der Waals surface area (Å²) in [6.45, 7) is 4.55. The first-order chi connectivity index (χ1) is 11.7. The summed E-state index contributed by atoms with van der Waals surface area (Å²) in [5.41, 5.74) is 4.83. The van der Waals surface area contributed by atoms with Gasteiger partial charge >= 0.3 is 10.1 Å².